The molecule has 0 radical (unpaired) electrons. The highest BCUT2D eigenvalue weighted by atomic mass is 16.5. The zero-order chi connectivity index (χ0) is 19.5. The van der Waals surface area contributed by atoms with E-state index in [1.54, 1.807) is 37.4 Å². The van der Waals surface area contributed by atoms with Crippen molar-refractivity contribution in [3.63, 3.8) is 0 Å². The third kappa shape index (κ3) is 3.57. The van der Waals surface area contributed by atoms with Gasteiger partial charge in [0.15, 0.2) is 6.10 Å². The average molecular weight is 374 g/mol. The molecule has 2 aromatic heterocycles. The summed E-state index contributed by atoms with van der Waals surface area (Å²) in [7, 11) is 0. The Labute approximate surface area is 160 Å². The molecule has 1 atom stereocenters. The van der Waals surface area contributed by atoms with E-state index in [2.05, 4.69) is 10.3 Å². The van der Waals surface area contributed by atoms with Crippen LogP contribution in [0, 0.1) is 0 Å². The van der Waals surface area contributed by atoms with Crippen molar-refractivity contribution in [2.24, 2.45) is 0 Å². The summed E-state index contributed by atoms with van der Waals surface area (Å²) in [5, 5.41) is 4.96. The molecule has 1 N–H and O–H groups in total. The number of fused-ring (bicyclic) bond motifs is 3. The van der Waals surface area contributed by atoms with Crippen molar-refractivity contribution in [3.8, 4) is 5.75 Å². The molecule has 4 rings (SSSR count). The first-order chi connectivity index (χ1) is 13.6. The fourth-order valence-electron chi connectivity index (χ4n) is 3.02. The van der Waals surface area contributed by atoms with Crippen molar-refractivity contribution in [1.82, 2.24) is 10.3 Å². The van der Waals surface area contributed by atoms with Gasteiger partial charge in [0.05, 0.1) is 17.6 Å². The topological polar surface area (TPSA) is 81.4 Å². The molecule has 0 spiro atoms. The third-order valence-corrected chi connectivity index (χ3v) is 4.44. The van der Waals surface area contributed by atoms with E-state index < -0.39 is 11.7 Å². The quantitative estimate of drug-likeness (QED) is 0.428. The summed E-state index contributed by atoms with van der Waals surface area (Å²) < 4.78 is 11.1. The summed E-state index contributed by atoms with van der Waals surface area (Å²) in [5.41, 5.74) is 0.783. The second kappa shape index (κ2) is 7.52. The molecule has 2 heterocycles. The van der Waals surface area contributed by atoms with Gasteiger partial charge in [-0.05, 0) is 42.6 Å². The monoisotopic (exact) mass is 374 g/mol. The number of carbonyl (C=O) groups excluding carboxylic acids is 1. The number of carbonyl (C=O) groups is 1. The number of nitrogens with one attached hydrogen (secondary N) is 1. The van der Waals surface area contributed by atoms with E-state index in [9.17, 15) is 9.59 Å². The SMILES string of the molecule is C[C@@H](Oc1ccc2c(c1)oc(=O)c1ccccc12)C(=O)NCc1ccccn1. The minimum Gasteiger partial charge on any atom is -0.481 e. The van der Waals surface area contributed by atoms with E-state index in [0.717, 1.165) is 16.5 Å². The van der Waals surface area contributed by atoms with Crippen LogP contribution in [0.2, 0.25) is 0 Å². The van der Waals surface area contributed by atoms with Crippen molar-refractivity contribution in [2.75, 3.05) is 0 Å². The molecule has 140 valence electrons. The van der Waals surface area contributed by atoms with Crippen LogP contribution < -0.4 is 15.7 Å². The Morgan fingerprint density at radius 3 is 2.64 bits per heavy atom. The van der Waals surface area contributed by atoms with Crippen LogP contribution in [0.1, 0.15) is 12.6 Å². The van der Waals surface area contributed by atoms with Crippen LogP contribution in [0.3, 0.4) is 0 Å². The van der Waals surface area contributed by atoms with Crippen LogP contribution in [0.25, 0.3) is 21.7 Å². The molecule has 28 heavy (non-hydrogen) atoms. The second-order valence-electron chi connectivity index (χ2n) is 6.39. The van der Waals surface area contributed by atoms with Crippen LogP contribution in [-0.2, 0) is 11.3 Å². The predicted molar refractivity (Wildman–Crippen MR) is 106 cm³/mol. The van der Waals surface area contributed by atoms with Gasteiger partial charge < -0.3 is 14.5 Å². The van der Waals surface area contributed by atoms with Crippen molar-refractivity contribution in [1.29, 1.82) is 0 Å². The highest BCUT2D eigenvalue weighted by Crippen LogP contribution is 2.26. The van der Waals surface area contributed by atoms with E-state index in [-0.39, 0.29) is 5.91 Å². The van der Waals surface area contributed by atoms with E-state index in [0.29, 0.717) is 23.3 Å². The van der Waals surface area contributed by atoms with Gasteiger partial charge in [-0.15, -0.1) is 0 Å². The first-order valence-corrected chi connectivity index (χ1v) is 8.92. The zero-order valence-corrected chi connectivity index (χ0v) is 15.2. The Hall–Kier alpha value is -3.67. The lowest BCUT2D eigenvalue weighted by atomic mass is 10.1. The molecule has 0 saturated heterocycles. The van der Waals surface area contributed by atoms with Gasteiger partial charge >= 0.3 is 5.63 Å². The Balaban J connectivity index is 1.52. The van der Waals surface area contributed by atoms with Gasteiger partial charge in [-0.25, -0.2) is 4.79 Å². The number of hydrogen-bond donors (Lipinski definition) is 1. The van der Waals surface area contributed by atoms with E-state index in [4.69, 9.17) is 9.15 Å². The number of hydrogen-bond acceptors (Lipinski definition) is 5. The van der Waals surface area contributed by atoms with Gasteiger partial charge in [0, 0.05) is 17.6 Å². The van der Waals surface area contributed by atoms with Gasteiger partial charge in [0.1, 0.15) is 11.3 Å². The molecule has 0 saturated carbocycles. The molecule has 0 fully saturated rings. The zero-order valence-electron chi connectivity index (χ0n) is 15.2. The summed E-state index contributed by atoms with van der Waals surface area (Å²) in [4.78, 5) is 28.6. The van der Waals surface area contributed by atoms with Crippen molar-refractivity contribution in [2.45, 2.75) is 19.6 Å². The molecule has 0 aliphatic carbocycles. The van der Waals surface area contributed by atoms with Gasteiger partial charge in [-0.3, -0.25) is 9.78 Å². The van der Waals surface area contributed by atoms with Crippen LogP contribution in [-0.4, -0.2) is 17.0 Å². The normalized spacial score (nSPS) is 12.0. The number of nitrogens with zero attached hydrogens (tertiary/aromatic N) is 1. The van der Waals surface area contributed by atoms with Crippen molar-refractivity contribution < 1.29 is 13.9 Å². The molecule has 0 unspecified atom stereocenters. The Morgan fingerprint density at radius 2 is 1.86 bits per heavy atom. The van der Waals surface area contributed by atoms with E-state index in [1.807, 2.05) is 36.4 Å². The summed E-state index contributed by atoms with van der Waals surface area (Å²) >= 11 is 0. The first kappa shape index (κ1) is 17.7. The fraction of sp³-hybridized carbons (Fsp3) is 0.136. The number of rotatable bonds is 5. The van der Waals surface area contributed by atoms with Crippen LogP contribution in [0.15, 0.2) is 76.1 Å². The Kier molecular flexibility index (Phi) is 4.76. The number of pyridine rings is 1. The maximum Gasteiger partial charge on any atom is 0.344 e. The average Bonchev–Trinajstić information content (AvgIpc) is 2.73. The Morgan fingerprint density at radius 1 is 1.07 bits per heavy atom. The van der Waals surface area contributed by atoms with Crippen molar-refractivity contribution >= 4 is 27.6 Å². The molecule has 0 aliphatic heterocycles. The second-order valence-corrected chi connectivity index (χ2v) is 6.39. The summed E-state index contributed by atoms with van der Waals surface area (Å²) in [5.74, 6) is 0.192. The highest BCUT2D eigenvalue weighted by molar-refractivity contribution is 6.04. The molecular formula is C22H18N2O4. The molecule has 6 nitrogen and oxygen atoms in total. The van der Waals surface area contributed by atoms with Gasteiger partial charge in [-0.1, -0.05) is 24.3 Å². The van der Waals surface area contributed by atoms with Crippen molar-refractivity contribution in [3.05, 3.63) is 83.0 Å². The minimum atomic E-state index is -0.714. The molecule has 0 aliphatic rings. The number of aromatic nitrogens is 1. The fourth-order valence-corrected chi connectivity index (χ4v) is 3.02. The molecule has 1 amide bonds. The maximum atomic E-state index is 12.3. The van der Waals surface area contributed by atoms with E-state index >= 15 is 0 Å². The predicted octanol–water partition coefficient (Wildman–Crippen LogP) is 3.42. The Bertz CT molecular complexity index is 1200. The number of ether oxygens (including phenoxy) is 1. The largest absolute Gasteiger partial charge is 0.481 e. The van der Waals surface area contributed by atoms with Gasteiger partial charge in [0.25, 0.3) is 5.91 Å². The van der Waals surface area contributed by atoms with Gasteiger partial charge in [-0.2, -0.15) is 0 Å². The van der Waals surface area contributed by atoms with Crippen LogP contribution in [0.4, 0.5) is 0 Å². The smallest absolute Gasteiger partial charge is 0.344 e. The number of benzene rings is 2. The summed E-state index contributed by atoms with van der Waals surface area (Å²) in [6, 6.07) is 18.0. The van der Waals surface area contributed by atoms with Gasteiger partial charge in [0.2, 0.25) is 0 Å². The van der Waals surface area contributed by atoms with Crippen LogP contribution >= 0.6 is 0 Å². The lowest BCUT2D eigenvalue weighted by molar-refractivity contribution is -0.127. The summed E-state index contributed by atoms with van der Waals surface area (Å²) in [6.45, 7) is 1.99. The van der Waals surface area contributed by atoms with Crippen LogP contribution in [0.5, 0.6) is 5.75 Å². The molecule has 6 heteroatoms. The van der Waals surface area contributed by atoms with E-state index in [1.165, 1.54) is 0 Å². The molecule has 0 bridgehead atoms. The third-order valence-electron chi connectivity index (χ3n) is 4.44. The lowest BCUT2D eigenvalue weighted by Gasteiger charge is -2.15. The molecule has 4 aromatic rings. The first-order valence-electron chi connectivity index (χ1n) is 8.92. The minimum absolute atomic E-state index is 0.259. The standard InChI is InChI=1S/C22H18N2O4/c1-14(21(25)24-13-15-6-4-5-11-23-15)27-16-9-10-18-17-7-2-3-8-19(17)22(26)28-20(18)12-16/h2-12,14H,13H2,1H3,(H,24,25)/t14-/m1/s1. The number of amides is 1. The molecule has 2 aromatic carbocycles. The summed E-state index contributed by atoms with van der Waals surface area (Å²) in [6.07, 6.45) is 0.960. The lowest BCUT2D eigenvalue weighted by Crippen LogP contribution is -2.36. The highest BCUT2D eigenvalue weighted by Gasteiger charge is 2.15. The molecular weight excluding hydrogens is 356 g/mol. The maximum absolute atomic E-state index is 12.3.